The molecule has 0 aromatic heterocycles. The molecule has 0 aliphatic heterocycles. The Morgan fingerprint density at radius 1 is 1.26 bits per heavy atom. The SMILES string of the molecule is CCCC1CCC(O)C(Cc2ccc(Cl)cc2Cl)C1. The standard InChI is InChI=1S/C16H22Cl2O/c1-2-3-11-4-7-16(19)13(8-11)9-12-5-6-14(17)10-15(12)18/h5-6,10-11,13,16,19H,2-4,7-9H2,1H3. The van der Waals surface area contributed by atoms with Gasteiger partial charge in [-0.05, 0) is 55.2 Å². The van der Waals surface area contributed by atoms with Crippen LogP contribution in [0, 0.1) is 11.8 Å². The molecule has 1 aliphatic rings. The molecule has 0 heterocycles. The molecule has 1 fully saturated rings. The third-order valence-corrected chi connectivity index (χ3v) is 4.83. The van der Waals surface area contributed by atoms with Crippen LogP contribution in [0.25, 0.3) is 0 Å². The molecule has 0 radical (unpaired) electrons. The zero-order valence-electron chi connectivity index (χ0n) is 11.4. The fourth-order valence-electron chi connectivity index (χ4n) is 3.20. The Balaban J connectivity index is 2.03. The van der Waals surface area contributed by atoms with Gasteiger partial charge >= 0.3 is 0 Å². The van der Waals surface area contributed by atoms with Crippen molar-refractivity contribution in [1.82, 2.24) is 0 Å². The predicted molar refractivity (Wildman–Crippen MR) is 81.9 cm³/mol. The fourth-order valence-corrected chi connectivity index (χ4v) is 3.69. The second-order valence-corrected chi connectivity index (χ2v) is 6.58. The van der Waals surface area contributed by atoms with E-state index in [1.54, 1.807) is 6.07 Å². The largest absolute Gasteiger partial charge is 0.393 e. The van der Waals surface area contributed by atoms with Crippen molar-refractivity contribution in [3.63, 3.8) is 0 Å². The zero-order valence-corrected chi connectivity index (χ0v) is 12.9. The highest BCUT2D eigenvalue weighted by molar-refractivity contribution is 6.35. The van der Waals surface area contributed by atoms with Gasteiger partial charge in [0.15, 0.2) is 0 Å². The Labute approximate surface area is 125 Å². The lowest BCUT2D eigenvalue weighted by molar-refractivity contribution is 0.0463. The Morgan fingerprint density at radius 3 is 2.74 bits per heavy atom. The molecule has 1 aliphatic carbocycles. The van der Waals surface area contributed by atoms with Crippen molar-refractivity contribution in [3.8, 4) is 0 Å². The summed E-state index contributed by atoms with van der Waals surface area (Å²) in [5.74, 6) is 1.11. The summed E-state index contributed by atoms with van der Waals surface area (Å²) >= 11 is 12.1. The van der Waals surface area contributed by atoms with E-state index in [1.807, 2.05) is 12.1 Å². The minimum atomic E-state index is -0.181. The highest BCUT2D eigenvalue weighted by Crippen LogP contribution is 2.35. The number of benzene rings is 1. The maximum Gasteiger partial charge on any atom is 0.0571 e. The van der Waals surface area contributed by atoms with Gasteiger partial charge < -0.3 is 5.11 Å². The average Bonchev–Trinajstić information content (AvgIpc) is 2.37. The summed E-state index contributed by atoms with van der Waals surface area (Å²) in [5.41, 5.74) is 1.10. The molecule has 1 aromatic carbocycles. The van der Waals surface area contributed by atoms with E-state index in [0.717, 1.165) is 35.8 Å². The van der Waals surface area contributed by atoms with Crippen molar-refractivity contribution in [2.75, 3.05) is 0 Å². The van der Waals surface area contributed by atoms with E-state index in [2.05, 4.69) is 6.92 Å². The van der Waals surface area contributed by atoms with Gasteiger partial charge in [0.1, 0.15) is 0 Å². The van der Waals surface area contributed by atoms with Crippen LogP contribution in [-0.2, 0) is 6.42 Å². The summed E-state index contributed by atoms with van der Waals surface area (Å²) in [5, 5.41) is 11.6. The van der Waals surface area contributed by atoms with Crippen LogP contribution in [0.5, 0.6) is 0 Å². The first kappa shape index (κ1) is 15.2. The maximum absolute atomic E-state index is 10.2. The van der Waals surface area contributed by atoms with Gasteiger partial charge in [0.25, 0.3) is 0 Å². The van der Waals surface area contributed by atoms with E-state index in [0.29, 0.717) is 10.9 Å². The molecule has 3 heteroatoms. The third kappa shape index (κ3) is 4.11. The van der Waals surface area contributed by atoms with Gasteiger partial charge in [0.05, 0.1) is 6.10 Å². The second-order valence-electron chi connectivity index (χ2n) is 5.74. The molecule has 0 bridgehead atoms. The van der Waals surface area contributed by atoms with Crippen LogP contribution < -0.4 is 0 Å². The predicted octanol–water partition coefficient (Wildman–Crippen LogP) is 5.11. The lowest BCUT2D eigenvalue weighted by Gasteiger charge is -2.33. The van der Waals surface area contributed by atoms with E-state index >= 15 is 0 Å². The molecule has 1 N–H and O–H groups in total. The molecule has 1 saturated carbocycles. The van der Waals surface area contributed by atoms with Gasteiger partial charge in [0.2, 0.25) is 0 Å². The van der Waals surface area contributed by atoms with E-state index in [1.165, 1.54) is 19.3 Å². The molecule has 0 amide bonds. The number of aliphatic hydroxyl groups excluding tert-OH is 1. The topological polar surface area (TPSA) is 20.2 Å². The minimum Gasteiger partial charge on any atom is -0.393 e. The van der Waals surface area contributed by atoms with Crippen LogP contribution in [0.2, 0.25) is 10.0 Å². The van der Waals surface area contributed by atoms with Crippen LogP contribution in [0.1, 0.15) is 44.6 Å². The van der Waals surface area contributed by atoms with E-state index < -0.39 is 0 Å². The van der Waals surface area contributed by atoms with Crippen LogP contribution in [0.4, 0.5) is 0 Å². The van der Waals surface area contributed by atoms with E-state index in [4.69, 9.17) is 23.2 Å². The number of hydrogen-bond acceptors (Lipinski definition) is 1. The minimum absolute atomic E-state index is 0.181. The van der Waals surface area contributed by atoms with Crippen LogP contribution in [0.3, 0.4) is 0 Å². The van der Waals surface area contributed by atoms with Gasteiger partial charge in [0, 0.05) is 10.0 Å². The summed E-state index contributed by atoms with van der Waals surface area (Å²) in [6, 6.07) is 5.65. The summed E-state index contributed by atoms with van der Waals surface area (Å²) in [6.45, 7) is 2.23. The Hall–Kier alpha value is -0.240. The van der Waals surface area contributed by atoms with Gasteiger partial charge in [-0.15, -0.1) is 0 Å². The van der Waals surface area contributed by atoms with Gasteiger partial charge in [-0.1, -0.05) is 49.0 Å². The van der Waals surface area contributed by atoms with Crippen molar-refractivity contribution in [2.45, 2.75) is 51.6 Å². The number of aliphatic hydroxyl groups is 1. The van der Waals surface area contributed by atoms with E-state index in [9.17, 15) is 5.11 Å². The van der Waals surface area contributed by atoms with Crippen LogP contribution in [0.15, 0.2) is 18.2 Å². The molecule has 0 saturated heterocycles. The molecule has 19 heavy (non-hydrogen) atoms. The smallest absolute Gasteiger partial charge is 0.0571 e. The lowest BCUT2D eigenvalue weighted by Crippen LogP contribution is -2.30. The molecule has 106 valence electrons. The molecule has 1 nitrogen and oxygen atoms in total. The highest BCUT2D eigenvalue weighted by atomic mass is 35.5. The zero-order chi connectivity index (χ0) is 13.8. The molecule has 1 aromatic rings. The number of rotatable bonds is 4. The van der Waals surface area contributed by atoms with Crippen molar-refractivity contribution >= 4 is 23.2 Å². The van der Waals surface area contributed by atoms with Gasteiger partial charge in [-0.2, -0.15) is 0 Å². The normalized spacial score (nSPS) is 27.5. The molecule has 3 unspecified atom stereocenters. The van der Waals surface area contributed by atoms with Crippen LogP contribution in [-0.4, -0.2) is 11.2 Å². The fraction of sp³-hybridized carbons (Fsp3) is 0.625. The Bertz CT molecular complexity index is 419. The molecular formula is C16H22Cl2O. The molecule has 0 spiro atoms. The van der Waals surface area contributed by atoms with Crippen LogP contribution >= 0.6 is 23.2 Å². The third-order valence-electron chi connectivity index (χ3n) is 4.25. The number of hydrogen-bond donors (Lipinski definition) is 1. The van der Waals surface area contributed by atoms with Gasteiger partial charge in [-0.25, -0.2) is 0 Å². The molecular weight excluding hydrogens is 279 g/mol. The molecule has 3 atom stereocenters. The second kappa shape index (κ2) is 6.97. The van der Waals surface area contributed by atoms with Crippen molar-refractivity contribution in [1.29, 1.82) is 0 Å². The van der Waals surface area contributed by atoms with Crippen molar-refractivity contribution in [3.05, 3.63) is 33.8 Å². The summed E-state index contributed by atoms with van der Waals surface area (Å²) in [4.78, 5) is 0. The maximum atomic E-state index is 10.2. The first-order chi connectivity index (χ1) is 9.10. The lowest BCUT2D eigenvalue weighted by atomic mass is 9.75. The summed E-state index contributed by atoms with van der Waals surface area (Å²) in [7, 11) is 0. The monoisotopic (exact) mass is 300 g/mol. The summed E-state index contributed by atoms with van der Waals surface area (Å²) < 4.78 is 0. The van der Waals surface area contributed by atoms with Crippen molar-refractivity contribution in [2.24, 2.45) is 11.8 Å². The van der Waals surface area contributed by atoms with Crippen molar-refractivity contribution < 1.29 is 5.11 Å². The number of halogens is 2. The van der Waals surface area contributed by atoms with E-state index in [-0.39, 0.29) is 6.10 Å². The van der Waals surface area contributed by atoms with Gasteiger partial charge in [-0.3, -0.25) is 0 Å². The Kier molecular flexibility index (Phi) is 5.56. The molecule has 2 rings (SSSR count). The quantitative estimate of drug-likeness (QED) is 0.819. The first-order valence-corrected chi connectivity index (χ1v) is 7.97. The first-order valence-electron chi connectivity index (χ1n) is 7.22. The highest BCUT2D eigenvalue weighted by Gasteiger charge is 2.29. The Morgan fingerprint density at radius 2 is 2.05 bits per heavy atom. The summed E-state index contributed by atoms with van der Waals surface area (Å²) in [6.07, 6.45) is 6.40. The average molecular weight is 301 g/mol.